The van der Waals surface area contributed by atoms with E-state index in [0.717, 1.165) is 12.2 Å². The SMILES string of the molecule is CCC(NC(=O)CCC(=O)OC(C)(C)C)c1ncc[nH]1. The lowest BCUT2D eigenvalue weighted by molar-refractivity contribution is -0.155. The third-order valence-electron chi connectivity index (χ3n) is 2.57. The van der Waals surface area contributed by atoms with Gasteiger partial charge < -0.3 is 15.0 Å². The van der Waals surface area contributed by atoms with Crippen molar-refractivity contribution < 1.29 is 14.3 Å². The lowest BCUT2D eigenvalue weighted by Gasteiger charge is -2.19. The molecule has 112 valence electrons. The van der Waals surface area contributed by atoms with E-state index in [-0.39, 0.29) is 30.8 Å². The highest BCUT2D eigenvalue weighted by molar-refractivity contribution is 5.81. The molecule has 0 fully saturated rings. The number of esters is 1. The summed E-state index contributed by atoms with van der Waals surface area (Å²) in [7, 11) is 0. The van der Waals surface area contributed by atoms with Gasteiger partial charge in [-0.15, -0.1) is 0 Å². The molecule has 6 nitrogen and oxygen atoms in total. The number of carbonyl (C=O) groups is 2. The van der Waals surface area contributed by atoms with Crippen LogP contribution >= 0.6 is 0 Å². The molecule has 0 saturated heterocycles. The van der Waals surface area contributed by atoms with Gasteiger partial charge in [-0.3, -0.25) is 9.59 Å². The first-order valence-electron chi connectivity index (χ1n) is 6.82. The van der Waals surface area contributed by atoms with Crippen LogP contribution in [0.15, 0.2) is 12.4 Å². The maximum absolute atomic E-state index is 11.8. The summed E-state index contributed by atoms with van der Waals surface area (Å²) in [5.41, 5.74) is -0.520. The van der Waals surface area contributed by atoms with Crippen LogP contribution in [0.1, 0.15) is 58.8 Å². The molecule has 0 spiro atoms. The van der Waals surface area contributed by atoms with Crippen molar-refractivity contribution in [3.8, 4) is 0 Å². The van der Waals surface area contributed by atoms with E-state index in [2.05, 4.69) is 15.3 Å². The number of hydrogen-bond donors (Lipinski definition) is 2. The first-order chi connectivity index (χ1) is 9.31. The third kappa shape index (κ3) is 5.86. The molecule has 1 atom stereocenters. The van der Waals surface area contributed by atoms with Gasteiger partial charge in [-0.25, -0.2) is 4.98 Å². The molecule has 0 saturated carbocycles. The van der Waals surface area contributed by atoms with Gasteiger partial charge >= 0.3 is 5.97 Å². The lowest BCUT2D eigenvalue weighted by Crippen LogP contribution is -2.30. The quantitative estimate of drug-likeness (QED) is 0.782. The van der Waals surface area contributed by atoms with Gasteiger partial charge in [0.2, 0.25) is 5.91 Å². The molecule has 6 heteroatoms. The highest BCUT2D eigenvalue weighted by atomic mass is 16.6. The number of aromatic amines is 1. The zero-order valence-electron chi connectivity index (χ0n) is 12.5. The van der Waals surface area contributed by atoms with Gasteiger partial charge in [-0.05, 0) is 27.2 Å². The number of imidazole rings is 1. The molecule has 1 unspecified atom stereocenters. The number of aromatic nitrogens is 2. The van der Waals surface area contributed by atoms with Gasteiger partial charge in [0.05, 0.1) is 12.5 Å². The second-order valence-corrected chi connectivity index (χ2v) is 5.59. The van der Waals surface area contributed by atoms with Crippen LogP contribution in [0.5, 0.6) is 0 Å². The normalized spacial score (nSPS) is 12.8. The lowest BCUT2D eigenvalue weighted by atomic mass is 10.2. The number of carbonyl (C=O) groups excluding carboxylic acids is 2. The van der Waals surface area contributed by atoms with E-state index in [4.69, 9.17) is 4.74 Å². The Kier molecular flexibility index (Phi) is 5.73. The fourth-order valence-electron chi connectivity index (χ4n) is 1.71. The molecule has 0 aromatic carbocycles. The molecule has 1 rings (SSSR count). The van der Waals surface area contributed by atoms with Crippen LogP contribution in [-0.4, -0.2) is 27.4 Å². The van der Waals surface area contributed by atoms with Gasteiger partial charge in [-0.1, -0.05) is 6.92 Å². The van der Waals surface area contributed by atoms with Crippen molar-refractivity contribution in [3.05, 3.63) is 18.2 Å². The minimum atomic E-state index is -0.520. The number of ether oxygens (including phenoxy) is 1. The van der Waals surface area contributed by atoms with Crippen molar-refractivity contribution in [1.82, 2.24) is 15.3 Å². The van der Waals surface area contributed by atoms with Gasteiger partial charge in [0.15, 0.2) is 0 Å². The van der Waals surface area contributed by atoms with Gasteiger partial charge in [0.25, 0.3) is 0 Å². The summed E-state index contributed by atoms with van der Waals surface area (Å²) in [6.45, 7) is 7.36. The largest absolute Gasteiger partial charge is 0.460 e. The Morgan fingerprint density at radius 2 is 2.10 bits per heavy atom. The van der Waals surface area contributed by atoms with Crippen LogP contribution < -0.4 is 5.32 Å². The Bertz CT molecular complexity index is 435. The number of nitrogens with zero attached hydrogens (tertiary/aromatic N) is 1. The predicted molar refractivity (Wildman–Crippen MR) is 74.8 cm³/mol. The van der Waals surface area contributed by atoms with Crippen LogP contribution in [-0.2, 0) is 14.3 Å². The van der Waals surface area contributed by atoms with Crippen molar-refractivity contribution in [2.24, 2.45) is 0 Å². The monoisotopic (exact) mass is 281 g/mol. The van der Waals surface area contributed by atoms with E-state index in [9.17, 15) is 9.59 Å². The molecule has 1 amide bonds. The van der Waals surface area contributed by atoms with Crippen LogP contribution in [0.3, 0.4) is 0 Å². The second-order valence-electron chi connectivity index (χ2n) is 5.59. The summed E-state index contributed by atoms with van der Waals surface area (Å²) in [6.07, 6.45) is 4.28. The maximum atomic E-state index is 11.8. The molecule has 2 N–H and O–H groups in total. The zero-order valence-corrected chi connectivity index (χ0v) is 12.5. The average molecular weight is 281 g/mol. The topological polar surface area (TPSA) is 84.1 Å². The maximum Gasteiger partial charge on any atom is 0.306 e. The Hall–Kier alpha value is -1.85. The summed E-state index contributed by atoms with van der Waals surface area (Å²) in [5, 5.41) is 2.85. The number of rotatable bonds is 6. The summed E-state index contributed by atoms with van der Waals surface area (Å²) < 4.78 is 5.15. The molecule has 20 heavy (non-hydrogen) atoms. The van der Waals surface area contributed by atoms with Gasteiger partial charge in [0, 0.05) is 18.8 Å². The van der Waals surface area contributed by atoms with E-state index in [0.29, 0.717) is 0 Å². The standard InChI is InChI=1S/C14H23N3O3/c1-5-10(13-15-8-9-16-13)17-11(18)6-7-12(19)20-14(2,3)4/h8-10H,5-7H2,1-4H3,(H,15,16)(H,17,18). The average Bonchev–Trinajstić information content (AvgIpc) is 2.85. The van der Waals surface area contributed by atoms with Crippen LogP contribution in [0, 0.1) is 0 Å². The van der Waals surface area contributed by atoms with Gasteiger partial charge in [-0.2, -0.15) is 0 Å². The highest BCUT2D eigenvalue weighted by Crippen LogP contribution is 2.12. The summed E-state index contributed by atoms with van der Waals surface area (Å²) >= 11 is 0. The minimum Gasteiger partial charge on any atom is -0.460 e. The van der Waals surface area contributed by atoms with Crippen LogP contribution in [0.2, 0.25) is 0 Å². The van der Waals surface area contributed by atoms with Crippen molar-refractivity contribution in [1.29, 1.82) is 0 Å². The third-order valence-corrected chi connectivity index (χ3v) is 2.57. The van der Waals surface area contributed by atoms with E-state index >= 15 is 0 Å². The van der Waals surface area contributed by atoms with Crippen LogP contribution in [0.4, 0.5) is 0 Å². The molecule has 1 heterocycles. The molecule has 1 aromatic rings. The van der Waals surface area contributed by atoms with Gasteiger partial charge in [0.1, 0.15) is 11.4 Å². The Balaban J connectivity index is 2.38. The summed E-state index contributed by atoms with van der Waals surface area (Å²) in [6, 6.07) is -0.156. The number of amides is 1. The molecule has 0 radical (unpaired) electrons. The summed E-state index contributed by atoms with van der Waals surface area (Å²) in [5.74, 6) is 0.177. The number of nitrogens with one attached hydrogen (secondary N) is 2. The van der Waals surface area contributed by atoms with E-state index in [1.54, 1.807) is 33.2 Å². The van der Waals surface area contributed by atoms with E-state index in [1.807, 2.05) is 6.92 Å². The molecule has 0 bridgehead atoms. The van der Waals surface area contributed by atoms with E-state index < -0.39 is 5.60 Å². The predicted octanol–water partition coefficient (Wildman–Crippen LogP) is 2.10. The van der Waals surface area contributed by atoms with E-state index in [1.165, 1.54) is 0 Å². The van der Waals surface area contributed by atoms with Crippen LogP contribution in [0.25, 0.3) is 0 Å². The number of hydrogen-bond acceptors (Lipinski definition) is 4. The molecular weight excluding hydrogens is 258 g/mol. The molecule has 0 aliphatic rings. The first-order valence-corrected chi connectivity index (χ1v) is 6.82. The molecular formula is C14H23N3O3. The first kappa shape index (κ1) is 16.2. The minimum absolute atomic E-state index is 0.0810. The zero-order chi connectivity index (χ0) is 15.2. The fourth-order valence-corrected chi connectivity index (χ4v) is 1.71. The second kappa shape index (κ2) is 7.07. The van der Waals surface area contributed by atoms with Crippen molar-refractivity contribution >= 4 is 11.9 Å². The molecule has 0 aliphatic heterocycles. The molecule has 0 aliphatic carbocycles. The van der Waals surface area contributed by atoms with Crippen molar-refractivity contribution in [2.45, 2.75) is 58.6 Å². The Morgan fingerprint density at radius 3 is 2.60 bits per heavy atom. The fraction of sp³-hybridized carbons (Fsp3) is 0.643. The highest BCUT2D eigenvalue weighted by Gasteiger charge is 2.19. The Morgan fingerprint density at radius 1 is 1.40 bits per heavy atom. The smallest absolute Gasteiger partial charge is 0.306 e. The van der Waals surface area contributed by atoms with Crippen molar-refractivity contribution in [3.63, 3.8) is 0 Å². The number of H-pyrrole nitrogens is 1. The Labute approximate surface area is 119 Å². The molecule has 1 aromatic heterocycles. The van der Waals surface area contributed by atoms with Crippen molar-refractivity contribution in [2.75, 3.05) is 0 Å². The summed E-state index contributed by atoms with van der Waals surface area (Å²) in [4.78, 5) is 30.4.